The first-order valence-electron chi connectivity index (χ1n) is 5.36. The van der Waals surface area contributed by atoms with E-state index in [1.807, 2.05) is 23.9 Å². The van der Waals surface area contributed by atoms with Crippen LogP contribution in [-0.4, -0.2) is 29.4 Å². The fourth-order valence-electron chi connectivity index (χ4n) is 1.80. The SMILES string of the molecule is CC(NCC1CSc2ccccc21)C(=O)O. The lowest BCUT2D eigenvalue weighted by molar-refractivity contribution is -0.139. The smallest absolute Gasteiger partial charge is 0.320 e. The van der Waals surface area contributed by atoms with Crippen LogP contribution in [-0.2, 0) is 4.79 Å². The number of fused-ring (bicyclic) bond motifs is 1. The lowest BCUT2D eigenvalue weighted by Gasteiger charge is -2.14. The van der Waals surface area contributed by atoms with E-state index < -0.39 is 12.0 Å². The predicted octanol–water partition coefficient (Wildman–Crippen LogP) is 1.94. The zero-order valence-electron chi connectivity index (χ0n) is 9.14. The predicted molar refractivity (Wildman–Crippen MR) is 65.0 cm³/mol. The summed E-state index contributed by atoms with van der Waals surface area (Å²) in [6.45, 7) is 2.41. The van der Waals surface area contributed by atoms with Gasteiger partial charge in [0.2, 0.25) is 0 Å². The maximum absolute atomic E-state index is 10.7. The van der Waals surface area contributed by atoms with E-state index in [9.17, 15) is 4.79 Å². The third kappa shape index (κ3) is 2.39. The highest BCUT2D eigenvalue weighted by Crippen LogP contribution is 2.38. The molecular formula is C12H15NO2S. The molecule has 1 aliphatic rings. The maximum Gasteiger partial charge on any atom is 0.320 e. The second kappa shape index (κ2) is 4.89. The van der Waals surface area contributed by atoms with Gasteiger partial charge in [-0.15, -0.1) is 11.8 Å². The van der Waals surface area contributed by atoms with Gasteiger partial charge in [-0.05, 0) is 18.6 Å². The lowest BCUT2D eigenvalue weighted by Crippen LogP contribution is -2.36. The van der Waals surface area contributed by atoms with Crippen LogP contribution in [0, 0.1) is 0 Å². The number of carboxylic acids is 1. The molecule has 1 heterocycles. The topological polar surface area (TPSA) is 49.3 Å². The molecule has 0 aliphatic carbocycles. The van der Waals surface area contributed by atoms with Crippen molar-refractivity contribution in [2.24, 2.45) is 0 Å². The van der Waals surface area contributed by atoms with Crippen LogP contribution in [0.2, 0.25) is 0 Å². The number of hydrogen-bond donors (Lipinski definition) is 2. The molecule has 0 fully saturated rings. The lowest BCUT2D eigenvalue weighted by atomic mass is 10.0. The van der Waals surface area contributed by atoms with E-state index in [1.54, 1.807) is 6.92 Å². The minimum Gasteiger partial charge on any atom is -0.480 e. The molecule has 0 saturated carbocycles. The number of rotatable bonds is 4. The molecule has 4 heteroatoms. The summed E-state index contributed by atoms with van der Waals surface area (Å²) in [6, 6.07) is 7.87. The summed E-state index contributed by atoms with van der Waals surface area (Å²) in [5, 5.41) is 11.8. The first-order chi connectivity index (χ1) is 7.68. The number of benzene rings is 1. The van der Waals surface area contributed by atoms with E-state index in [2.05, 4.69) is 17.4 Å². The van der Waals surface area contributed by atoms with Crippen molar-refractivity contribution >= 4 is 17.7 Å². The quantitative estimate of drug-likeness (QED) is 0.840. The molecule has 2 N–H and O–H groups in total. The molecule has 2 rings (SSSR count). The van der Waals surface area contributed by atoms with Crippen molar-refractivity contribution in [3.8, 4) is 0 Å². The van der Waals surface area contributed by atoms with Crippen LogP contribution in [0.1, 0.15) is 18.4 Å². The van der Waals surface area contributed by atoms with Gasteiger partial charge in [-0.1, -0.05) is 18.2 Å². The number of nitrogens with one attached hydrogen (secondary N) is 1. The van der Waals surface area contributed by atoms with Crippen LogP contribution < -0.4 is 5.32 Å². The van der Waals surface area contributed by atoms with Crippen molar-refractivity contribution < 1.29 is 9.90 Å². The zero-order valence-corrected chi connectivity index (χ0v) is 9.96. The van der Waals surface area contributed by atoms with E-state index in [-0.39, 0.29) is 0 Å². The van der Waals surface area contributed by atoms with Crippen LogP contribution in [0.25, 0.3) is 0 Å². The molecule has 1 aromatic rings. The minimum absolute atomic E-state index is 0.433. The first-order valence-corrected chi connectivity index (χ1v) is 6.35. The summed E-state index contributed by atoms with van der Waals surface area (Å²) in [6.07, 6.45) is 0. The van der Waals surface area contributed by atoms with Gasteiger partial charge in [0, 0.05) is 23.1 Å². The summed E-state index contributed by atoms with van der Waals surface area (Å²) in [4.78, 5) is 12.0. The number of hydrogen-bond acceptors (Lipinski definition) is 3. The summed E-state index contributed by atoms with van der Waals surface area (Å²) in [7, 11) is 0. The van der Waals surface area contributed by atoms with Gasteiger partial charge in [-0.25, -0.2) is 0 Å². The molecule has 2 atom stereocenters. The van der Waals surface area contributed by atoms with Crippen LogP contribution >= 0.6 is 11.8 Å². The van der Waals surface area contributed by atoms with Gasteiger partial charge in [0.05, 0.1) is 0 Å². The van der Waals surface area contributed by atoms with Crippen molar-refractivity contribution in [2.75, 3.05) is 12.3 Å². The highest BCUT2D eigenvalue weighted by molar-refractivity contribution is 7.99. The fourth-order valence-corrected chi connectivity index (χ4v) is 3.06. The van der Waals surface area contributed by atoms with Crippen molar-refractivity contribution in [3.05, 3.63) is 29.8 Å². The van der Waals surface area contributed by atoms with Crippen LogP contribution in [0.15, 0.2) is 29.2 Å². The fraction of sp³-hybridized carbons (Fsp3) is 0.417. The van der Waals surface area contributed by atoms with Crippen molar-refractivity contribution in [2.45, 2.75) is 23.8 Å². The Hall–Kier alpha value is -1.00. The van der Waals surface area contributed by atoms with Gasteiger partial charge in [-0.2, -0.15) is 0 Å². The van der Waals surface area contributed by atoms with E-state index in [0.29, 0.717) is 5.92 Å². The minimum atomic E-state index is -0.793. The Bertz CT molecular complexity index is 394. The van der Waals surface area contributed by atoms with Crippen LogP contribution in [0.3, 0.4) is 0 Å². The van der Waals surface area contributed by atoms with E-state index in [4.69, 9.17) is 5.11 Å². The van der Waals surface area contributed by atoms with Crippen LogP contribution in [0.5, 0.6) is 0 Å². The molecule has 2 unspecified atom stereocenters. The van der Waals surface area contributed by atoms with Crippen molar-refractivity contribution in [1.29, 1.82) is 0 Å². The first kappa shape index (κ1) is 11.5. The van der Waals surface area contributed by atoms with Gasteiger partial charge in [0.25, 0.3) is 0 Å². The Morgan fingerprint density at radius 3 is 3.12 bits per heavy atom. The summed E-state index contributed by atoms with van der Waals surface area (Å²) >= 11 is 1.85. The summed E-state index contributed by atoms with van der Waals surface area (Å²) in [5.41, 5.74) is 1.34. The van der Waals surface area contributed by atoms with E-state index >= 15 is 0 Å². The average molecular weight is 237 g/mol. The highest BCUT2D eigenvalue weighted by atomic mass is 32.2. The zero-order chi connectivity index (χ0) is 11.5. The van der Waals surface area contributed by atoms with Gasteiger partial charge < -0.3 is 10.4 Å². The summed E-state index contributed by atoms with van der Waals surface area (Å²) < 4.78 is 0. The molecule has 1 aliphatic heterocycles. The third-order valence-electron chi connectivity index (χ3n) is 2.84. The Morgan fingerprint density at radius 1 is 1.62 bits per heavy atom. The Labute approximate surface area is 99.2 Å². The monoisotopic (exact) mass is 237 g/mol. The molecule has 0 amide bonds. The van der Waals surface area contributed by atoms with Gasteiger partial charge in [0.1, 0.15) is 6.04 Å². The molecule has 3 nitrogen and oxygen atoms in total. The molecule has 0 radical (unpaired) electrons. The number of carboxylic acid groups (broad SMARTS) is 1. The molecule has 0 spiro atoms. The maximum atomic E-state index is 10.7. The normalized spacial score (nSPS) is 20.4. The van der Waals surface area contributed by atoms with Crippen molar-refractivity contribution in [3.63, 3.8) is 0 Å². The molecule has 16 heavy (non-hydrogen) atoms. The average Bonchev–Trinajstić information content (AvgIpc) is 2.69. The molecule has 0 saturated heterocycles. The number of thioether (sulfide) groups is 1. The molecule has 1 aromatic carbocycles. The molecule has 0 aromatic heterocycles. The second-order valence-electron chi connectivity index (χ2n) is 4.01. The Morgan fingerprint density at radius 2 is 2.38 bits per heavy atom. The highest BCUT2D eigenvalue weighted by Gasteiger charge is 2.23. The standard InChI is InChI=1S/C12H15NO2S/c1-8(12(14)15)13-6-9-7-16-11-5-3-2-4-10(9)11/h2-5,8-9,13H,6-7H2,1H3,(H,14,15). The largest absolute Gasteiger partial charge is 0.480 e. The Kier molecular flexibility index (Phi) is 3.51. The van der Waals surface area contributed by atoms with Gasteiger partial charge in [0.15, 0.2) is 0 Å². The summed E-state index contributed by atoms with van der Waals surface area (Å²) in [5.74, 6) is 0.681. The van der Waals surface area contributed by atoms with Crippen LogP contribution in [0.4, 0.5) is 0 Å². The molecule has 86 valence electrons. The number of aliphatic carboxylic acids is 1. The van der Waals surface area contributed by atoms with E-state index in [0.717, 1.165) is 12.3 Å². The molecular weight excluding hydrogens is 222 g/mol. The van der Waals surface area contributed by atoms with Gasteiger partial charge >= 0.3 is 5.97 Å². The van der Waals surface area contributed by atoms with E-state index in [1.165, 1.54) is 10.5 Å². The molecule has 0 bridgehead atoms. The second-order valence-corrected chi connectivity index (χ2v) is 5.08. The third-order valence-corrected chi connectivity index (χ3v) is 4.09. The Balaban J connectivity index is 1.96. The van der Waals surface area contributed by atoms with Crippen molar-refractivity contribution in [1.82, 2.24) is 5.32 Å². The number of carbonyl (C=O) groups is 1. The van der Waals surface area contributed by atoms with Gasteiger partial charge in [-0.3, -0.25) is 4.79 Å².